The molecule has 0 unspecified atom stereocenters. The fraction of sp³-hybridized carbons (Fsp3) is 0.133. The molecule has 1 aromatic heterocycles. The van der Waals surface area contributed by atoms with Crippen LogP contribution in [-0.2, 0) is 0 Å². The van der Waals surface area contributed by atoms with Gasteiger partial charge in [0.05, 0.1) is 5.56 Å². The Hall–Kier alpha value is -4.58. The van der Waals surface area contributed by atoms with Gasteiger partial charge in [0.25, 0.3) is 11.8 Å². The van der Waals surface area contributed by atoms with Crippen LogP contribution in [0.25, 0.3) is 16.9 Å². The van der Waals surface area contributed by atoms with Crippen molar-refractivity contribution in [3.05, 3.63) is 119 Å². The summed E-state index contributed by atoms with van der Waals surface area (Å²) in [6.07, 6.45) is 1.82. The minimum Gasteiger partial charge on any atom is -0.345 e. The third-order valence-electron chi connectivity index (χ3n) is 5.88. The van der Waals surface area contributed by atoms with Crippen molar-refractivity contribution in [3.8, 4) is 16.9 Å². The first-order chi connectivity index (χ1) is 17.3. The molecule has 0 radical (unpaired) electrons. The SMILES string of the molecule is CN(C)C(=O)c1ccc(C(=O)c2ccc(-c3ccc(C(=O)N(C)C)cc3)[n+](-c3ccccc3)c2)cc1. The van der Waals surface area contributed by atoms with Crippen molar-refractivity contribution >= 4 is 17.6 Å². The molecular weight excluding hydrogens is 450 g/mol. The number of benzene rings is 3. The van der Waals surface area contributed by atoms with Gasteiger partial charge in [0.2, 0.25) is 11.4 Å². The second-order valence-electron chi connectivity index (χ2n) is 8.89. The van der Waals surface area contributed by atoms with E-state index in [1.165, 1.54) is 4.90 Å². The summed E-state index contributed by atoms with van der Waals surface area (Å²) in [4.78, 5) is 40.8. The normalized spacial score (nSPS) is 10.6. The number of nitrogens with zero attached hydrogens (tertiary/aromatic N) is 3. The molecule has 0 saturated carbocycles. The van der Waals surface area contributed by atoms with Crippen molar-refractivity contribution in [2.24, 2.45) is 0 Å². The smallest absolute Gasteiger partial charge is 0.253 e. The van der Waals surface area contributed by atoms with E-state index < -0.39 is 0 Å². The quantitative estimate of drug-likeness (QED) is 0.307. The number of para-hydroxylation sites is 1. The Bertz CT molecular complexity index is 1410. The molecule has 36 heavy (non-hydrogen) atoms. The maximum absolute atomic E-state index is 13.3. The van der Waals surface area contributed by atoms with Gasteiger partial charge in [0.1, 0.15) is 0 Å². The highest BCUT2D eigenvalue weighted by molar-refractivity contribution is 6.09. The number of hydrogen-bond acceptors (Lipinski definition) is 3. The average molecular weight is 479 g/mol. The monoisotopic (exact) mass is 478 g/mol. The van der Waals surface area contributed by atoms with Crippen LogP contribution in [0.5, 0.6) is 0 Å². The van der Waals surface area contributed by atoms with E-state index >= 15 is 0 Å². The van der Waals surface area contributed by atoms with Crippen LogP contribution in [0.4, 0.5) is 0 Å². The Kier molecular flexibility index (Phi) is 7.06. The predicted molar refractivity (Wildman–Crippen MR) is 139 cm³/mol. The van der Waals surface area contributed by atoms with Gasteiger partial charge in [-0.05, 0) is 42.5 Å². The third-order valence-corrected chi connectivity index (χ3v) is 5.88. The van der Waals surface area contributed by atoms with Gasteiger partial charge in [-0.3, -0.25) is 14.4 Å². The van der Waals surface area contributed by atoms with E-state index in [0.29, 0.717) is 22.3 Å². The molecule has 0 fully saturated rings. The van der Waals surface area contributed by atoms with Crippen LogP contribution in [0, 0.1) is 0 Å². The molecule has 180 valence electrons. The van der Waals surface area contributed by atoms with E-state index in [2.05, 4.69) is 0 Å². The molecular formula is C30H28N3O3+. The highest BCUT2D eigenvalue weighted by Crippen LogP contribution is 2.21. The summed E-state index contributed by atoms with van der Waals surface area (Å²) in [7, 11) is 6.84. The number of hydrogen-bond donors (Lipinski definition) is 0. The maximum Gasteiger partial charge on any atom is 0.253 e. The van der Waals surface area contributed by atoms with Crippen LogP contribution in [0.3, 0.4) is 0 Å². The molecule has 6 nitrogen and oxygen atoms in total. The summed E-state index contributed by atoms with van der Waals surface area (Å²) in [6, 6.07) is 27.6. The van der Waals surface area contributed by atoms with Gasteiger partial charge in [-0.15, -0.1) is 0 Å². The van der Waals surface area contributed by atoms with Crippen molar-refractivity contribution in [1.29, 1.82) is 0 Å². The second kappa shape index (κ2) is 10.4. The molecule has 1 heterocycles. The Morgan fingerprint density at radius 1 is 0.556 bits per heavy atom. The van der Waals surface area contributed by atoms with Gasteiger partial charge in [0, 0.05) is 68.6 Å². The lowest BCUT2D eigenvalue weighted by Gasteiger charge is -2.11. The van der Waals surface area contributed by atoms with E-state index in [9.17, 15) is 14.4 Å². The molecule has 0 spiro atoms. The van der Waals surface area contributed by atoms with Crippen molar-refractivity contribution < 1.29 is 19.0 Å². The van der Waals surface area contributed by atoms with Gasteiger partial charge in [-0.2, -0.15) is 4.57 Å². The molecule has 6 heteroatoms. The standard InChI is InChI=1S/C30H28N3O3/c1-31(2)29(35)23-14-10-21(11-15-23)27-19-18-25(20-33(27)26-8-6-5-7-9-26)28(34)22-12-16-24(17-13-22)30(36)32(3)4/h5-20H,1-4H3/q+1. The van der Waals surface area contributed by atoms with Gasteiger partial charge >= 0.3 is 0 Å². The third kappa shape index (κ3) is 5.08. The second-order valence-corrected chi connectivity index (χ2v) is 8.89. The fourth-order valence-electron chi connectivity index (χ4n) is 3.90. The van der Waals surface area contributed by atoms with Crippen LogP contribution in [0.15, 0.2) is 97.2 Å². The van der Waals surface area contributed by atoms with Gasteiger partial charge in [-0.1, -0.05) is 30.3 Å². The van der Waals surface area contributed by atoms with Crippen molar-refractivity contribution in [3.63, 3.8) is 0 Å². The van der Waals surface area contributed by atoms with Crippen LogP contribution < -0.4 is 4.57 Å². The zero-order chi connectivity index (χ0) is 25.8. The Labute approximate surface area is 211 Å². The van der Waals surface area contributed by atoms with Crippen molar-refractivity contribution in [2.75, 3.05) is 28.2 Å². The number of aromatic nitrogens is 1. The highest BCUT2D eigenvalue weighted by atomic mass is 16.2. The number of carbonyl (C=O) groups excluding carboxylic acids is 3. The molecule has 0 aliphatic carbocycles. The molecule has 0 atom stereocenters. The summed E-state index contributed by atoms with van der Waals surface area (Å²) >= 11 is 0. The predicted octanol–water partition coefficient (Wildman–Crippen LogP) is 4.26. The summed E-state index contributed by atoms with van der Waals surface area (Å²) in [5.41, 5.74) is 4.87. The Morgan fingerprint density at radius 2 is 1.03 bits per heavy atom. The van der Waals surface area contributed by atoms with Gasteiger partial charge in [0.15, 0.2) is 12.0 Å². The molecule has 0 aliphatic heterocycles. The lowest BCUT2D eigenvalue weighted by atomic mass is 10.0. The summed E-state index contributed by atoms with van der Waals surface area (Å²) < 4.78 is 1.97. The first kappa shape index (κ1) is 24.5. The molecule has 0 aliphatic rings. The summed E-state index contributed by atoms with van der Waals surface area (Å²) in [5.74, 6) is -0.308. The first-order valence-corrected chi connectivity index (χ1v) is 11.6. The van der Waals surface area contributed by atoms with Crippen LogP contribution in [0.1, 0.15) is 36.6 Å². The Morgan fingerprint density at radius 3 is 1.56 bits per heavy atom. The molecule has 0 saturated heterocycles. The van der Waals surface area contributed by atoms with E-state index in [1.54, 1.807) is 63.4 Å². The minimum atomic E-state index is -0.137. The van der Waals surface area contributed by atoms with Crippen molar-refractivity contribution in [1.82, 2.24) is 9.80 Å². The zero-order valence-corrected chi connectivity index (χ0v) is 20.8. The van der Waals surface area contributed by atoms with E-state index in [-0.39, 0.29) is 17.6 Å². The lowest BCUT2D eigenvalue weighted by molar-refractivity contribution is -0.584. The van der Waals surface area contributed by atoms with Gasteiger partial charge in [-0.25, -0.2) is 0 Å². The zero-order valence-electron chi connectivity index (χ0n) is 20.8. The largest absolute Gasteiger partial charge is 0.345 e. The van der Waals surface area contributed by atoms with E-state index in [0.717, 1.165) is 16.9 Å². The van der Waals surface area contributed by atoms with E-state index in [4.69, 9.17) is 0 Å². The fourth-order valence-corrected chi connectivity index (χ4v) is 3.90. The molecule has 2 amide bonds. The summed E-state index contributed by atoms with van der Waals surface area (Å²) in [6.45, 7) is 0. The van der Waals surface area contributed by atoms with Crippen LogP contribution >= 0.6 is 0 Å². The first-order valence-electron chi connectivity index (χ1n) is 11.6. The molecule has 0 bridgehead atoms. The van der Waals surface area contributed by atoms with Crippen molar-refractivity contribution in [2.45, 2.75) is 0 Å². The van der Waals surface area contributed by atoms with E-state index in [1.807, 2.05) is 71.4 Å². The Balaban J connectivity index is 1.73. The average Bonchev–Trinajstić information content (AvgIpc) is 2.92. The topological polar surface area (TPSA) is 61.6 Å². The molecule has 3 aromatic carbocycles. The van der Waals surface area contributed by atoms with Crippen LogP contribution in [0.2, 0.25) is 0 Å². The molecule has 4 rings (SSSR count). The highest BCUT2D eigenvalue weighted by Gasteiger charge is 2.21. The molecule has 0 N–H and O–H groups in total. The number of rotatable bonds is 6. The van der Waals surface area contributed by atoms with Crippen LogP contribution in [-0.4, -0.2) is 55.6 Å². The number of amides is 2. The van der Waals surface area contributed by atoms with Gasteiger partial charge < -0.3 is 9.80 Å². The number of carbonyl (C=O) groups is 3. The number of pyridine rings is 1. The lowest BCUT2D eigenvalue weighted by Crippen LogP contribution is -2.34. The minimum absolute atomic E-state index is 0.0586. The maximum atomic E-state index is 13.3. The number of ketones is 1. The summed E-state index contributed by atoms with van der Waals surface area (Å²) in [5, 5.41) is 0. The molecule has 4 aromatic rings.